The molecule has 0 spiro atoms. The van der Waals surface area contributed by atoms with Crippen molar-refractivity contribution in [3.05, 3.63) is 107 Å². The van der Waals surface area contributed by atoms with Gasteiger partial charge in [-0.25, -0.2) is 4.79 Å². The van der Waals surface area contributed by atoms with E-state index in [-0.39, 0.29) is 23.4 Å². The Morgan fingerprint density at radius 3 is 2.03 bits per heavy atom. The van der Waals surface area contributed by atoms with Crippen LogP contribution in [0.4, 0.5) is 5.69 Å². The smallest absolute Gasteiger partial charge is 0.335 e. The molecule has 1 unspecified atom stereocenters. The first kappa shape index (κ1) is 22.8. The molecule has 1 aliphatic rings. The zero-order valence-electron chi connectivity index (χ0n) is 18.8. The quantitative estimate of drug-likeness (QED) is 0.330. The molecule has 4 rings (SSSR count). The van der Waals surface area contributed by atoms with Crippen LogP contribution >= 0.6 is 0 Å². The van der Waals surface area contributed by atoms with Crippen LogP contribution in [-0.2, 0) is 16.1 Å². The van der Waals surface area contributed by atoms with Gasteiger partial charge in [0.05, 0.1) is 17.2 Å². The van der Waals surface area contributed by atoms with Crippen LogP contribution in [0.3, 0.4) is 0 Å². The first-order chi connectivity index (χ1) is 16.3. The molecule has 0 radical (unpaired) electrons. The summed E-state index contributed by atoms with van der Waals surface area (Å²) in [5.74, 6) is -2.76. The van der Waals surface area contributed by atoms with Crippen LogP contribution in [-0.4, -0.2) is 46.9 Å². The zero-order valence-corrected chi connectivity index (χ0v) is 18.8. The molecule has 172 valence electrons. The molecule has 0 saturated carbocycles. The van der Waals surface area contributed by atoms with Crippen molar-refractivity contribution >= 4 is 29.1 Å². The summed E-state index contributed by atoms with van der Waals surface area (Å²) in [4.78, 5) is 40.8. The van der Waals surface area contributed by atoms with Gasteiger partial charge in [-0.1, -0.05) is 54.6 Å². The van der Waals surface area contributed by atoms with Gasteiger partial charge in [-0.3, -0.25) is 9.59 Å². The summed E-state index contributed by atoms with van der Waals surface area (Å²) < 4.78 is 0. The summed E-state index contributed by atoms with van der Waals surface area (Å²) in [5, 5.41) is 20.2. The number of carboxylic acids is 1. The van der Waals surface area contributed by atoms with Crippen LogP contribution in [0.15, 0.2) is 84.4 Å². The van der Waals surface area contributed by atoms with E-state index in [0.717, 1.165) is 5.69 Å². The molecule has 0 aliphatic carbocycles. The molecule has 1 aliphatic heterocycles. The van der Waals surface area contributed by atoms with Crippen molar-refractivity contribution in [3.8, 4) is 0 Å². The molecule has 3 aromatic carbocycles. The van der Waals surface area contributed by atoms with Crippen molar-refractivity contribution in [1.29, 1.82) is 0 Å². The maximum absolute atomic E-state index is 13.1. The number of carbonyl (C=O) groups excluding carboxylic acids is 2. The van der Waals surface area contributed by atoms with E-state index in [9.17, 15) is 19.5 Å². The summed E-state index contributed by atoms with van der Waals surface area (Å²) in [6, 6.07) is 21.5. The van der Waals surface area contributed by atoms with E-state index in [1.807, 2.05) is 43.3 Å². The van der Waals surface area contributed by atoms with Crippen molar-refractivity contribution in [1.82, 2.24) is 4.90 Å². The second kappa shape index (κ2) is 9.23. The van der Waals surface area contributed by atoms with Gasteiger partial charge >= 0.3 is 5.97 Å². The Balaban J connectivity index is 1.81. The number of aliphatic hydroxyl groups is 1. The third-order valence-corrected chi connectivity index (χ3v) is 5.87. The normalized spacial score (nSPS) is 17.1. The fraction of sp³-hybridized carbons (Fsp3) is 0.148. The predicted molar refractivity (Wildman–Crippen MR) is 128 cm³/mol. The van der Waals surface area contributed by atoms with Gasteiger partial charge in [0.2, 0.25) is 0 Å². The third-order valence-electron chi connectivity index (χ3n) is 5.87. The number of benzene rings is 3. The molecule has 1 heterocycles. The van der Waals surface area contributed by atoms with Gasteiger partial charge in [0.1, 0.15) is 5.76 Å². The van der Waals surface area contributed by atoms with Crippen molar-refractivity contribution in [3.63, 3.8) is 0 Å². The lowest BCUT2D eigenvalue weighted by Crippen LogP contribution is -2.29. The van der Waals surface area contributed by atoms with E-state index < -0.39 is 23.7 Å². The second-order valence-electron chi connectivity index (χ2n) is 8.28. The molecule has 1 saturated heterocycles. The van der Waals surface area contributed by atoms with Crippen molar-refractivity contribution in [2.45, 2.75) is 12.6 Å². The SMILES string of the molecule is CN(C)c1ccc(C2/C(=C(\O)c3ccccc3)C(=O)C(=O)N2Cc2ccc(C(=O)O)cc2)cc1. The molecular weight excluding hydrogens is 432 g/mol. The molecule has 2 N–H and O–H groups in total. The van der Waals surface area contributed by atoms with Crippen LogP contribution in [0.1, 0.15) is 33.1 Å². The molecule has 7 heteroatoms. The Morgan fingerprint density at radius 1 is 0.853 bits per heavy atom. The van der Waals surface area contributed by atoms with E-state index in [0.29, 0.717) is 16.7 Å². The van der Waals surface area contributed by atoms with Crippen LogP contribution in [0.5, 0.6) is 0 Å². The molecule has 1 atom stereocenters. The van der Waals surface area contributed by atoms with E-state index >= 15 is 0 Å². The maximum atomic E-state index is 13.1. The number of hydrogen-bond donors (Lipinski definition) is 2. The van der Waals surface area contributed by atoms with E-state index in [1.54, 1.807) is 42.5 Å². The van der Waals surface area contributed by atoms with Gasteiger partial charge in [0.15, 0.2) is 0 Å². The van der Waals surface area contributed by atoms with Crippen LogP contribution < -0.4 is 4.90 Å². The minimum atomic E-state index is -1.05. The molecule has 34 heavy (non-hydrogen) atoms. The standard InChI is InChI=1S/C27H24N2O5/c1-28(2)21-14-12-18(13-15-21)23-22(24(30)19-6-4-3-5-7-19)25(31)26(32)29(23)16-17-8-10-20(11-9-17)27(33)34/h3-15,23,30H,16H2,1-2H3,(H,33,34)/b24-22+. The average molecular weight is 456 g/mol. The molecule has 0 aromatic heterocycles. The number of carbonyl (C=O) groups is 3. The molecule has 1 fully saturated rings. The number of hydrogen-bond acceptors (Lipinski definition) is 5. The van der Waals surface area contributed by atoms with E-state index in [2.05, 4.69) is 0 Å². The van der Waals surface area contributed by atoms with Gasteiger partial charge in [0, 0.05) is 31.9 Å². The summed E-state index contributed by atoms with van der Waals surface area (Å²) >= 11 is 0. The Hall–Kier alpha value is -4.39. The fourth-order valence-corrected chi connectivity index (χ4v) is 4.05. The van der Waals surface area contributed by atoms with Gasteiger partial charge in [-0.05, 0) is 35.4 Å². The highest BCUT2D eigenvalue weighted by atomic mass is 16.4. The number of ketones is 1. The molecular formula is C27H24N2O5. The first-order valence-corrected chi connectivity index (χ1v) is 10.7. The van der Waals surface area contributed by atoms with Gasteiger partial charge in [-0.2, -0.15) is 0 Å². The number of nitrogens with zero attached hydrogens (tertiary/aromatic N) is 2. The Labute approximate surface area is 197 Å². The molecule has 0 bridgehead atoms. The summed E-state index contributed by atoms with van der Waals surface area (Å²) in [6.45, 7) is 0.0795. The molecule has 7 nitrogen and oxygen atoms in total. The van der Waals surface area contributed by atoms with Crippen molar-refractivity contribution in [2.75, 3.05) is 19.0 Å². The number of aromatic carboxylic acids is 1. The average Bonchev–Trinajstić information content (AvgIpc) is 3.09. The molecule has 3 aromatic rings. The minimum Gasteiger partial charge on any atom is -0.507 e. The zero-order chi connectivity index (χ0) is 24.4. The highest BCUT2D eigenvalue weighted by molar-refractivity contribution is 6.46. The number of aliphatic hydroxyl groups excluding tert-OH is 1. The maximum Gasteiger partial charge on any atom is 0.335 e. The van der Waals surface area contributed by atoms with Crippen LogP contribution in [0, 0.1) is 0 Å². The van der Waals surface area contributed by atoms with Gasteiger partial charge < -0.3 is 20.0 Å². The topological polar surface area (TPSA) is 98.2 Å². The molecule has 1 amide bonds. The minimum absolute atomic E-state index is 0.0240. The van der Waals surface area contributed by atoms with Gasteiger partial charge in [0.25, 0.3) is 11.7 Å². The monoisotopic (exact) mass is 456 g/mol. The lowest BCUT2D eigenvalue weighted by molar-refractivity contribution is -0.140. The van der Waals surface area contributed by atoms with Crippen molar-refractivity contribution < 1.29 is 24.6 Å². The first-order valence-electron chi connectivity index (χ1n) is 10.7. The number of Topliss-reactive ketones (excluding diaryl/α,β-unsaturated/α-hetero) is 1. The van der Waals surface area contributed by atoms with E-state index in [4.69, 9.17) is 5.11 Å². The van der Waals surface area contributed by atoms with E-state index in [1.165, 1.54) is 17.0 Å². The summed E-state index contributed by atoms with van der Waals surface area (Å²) in [7, 11) is 3.83. The number of amides is 1. The Bertz CT molecular complexity index is 1260. The lowest BCUT2D eigenvalue weighted by atomic mass is 9.95. The summed E-state index contributed by atoms with van der Waals surface area (Å²) in [6.07, 6.45) is 0. The number of rotatable bonds is 6. The predicted octanol–water partition coefficient (Wildman–Crippen LogP) is 4.07. The summed E-state index contributed by atoms with van der Waals surface area (Å²) in [5.41, 5.74) is 2.90. The van der Waals surface area contributed by atoms with Gasteiger partial charge in [-0.15, -0.1) is 0 Å². The Morgan fingerprint density at radius 2 is 1.47 bits per heavy atom. The number of carboxylic acid groups (broad SMARTS) is 1. The Kier molecular flexibility index (Phi) is 6.19. The highest BCUT2D eigenvalue weighted by Crippen LogP contribution is 2.40. The van der Waals surface area contributed by atoms with Crippen molar-refractivity contribution in [2.24, 2.45) is 0 Å². The van der Waals surface area contributed by atoms with Crippen LogP contribution in [0.2, 0.25) is 0 Å². The third kappa shape index (κ3) is 4.28. The largest absolute Gasteiger partial charge is 0.507 e. The number of likely N-dealkylation sites (tertiary alicyclic amines) is 1. The fourth-order valence-electron chi connectivity index (χ4n) is 4.05. The second-order valence-corrected chi connectivity index (χ2v) is 8.28. The number of anilines is 1. The highest BCUT2D eigenvalue weighted by Gasteiger charge is 2.46. The van der Waals surface area contributed by atoms with Crippen LogP contribution in [0.25, 0.3) is 5.76 Å². The lowest BCUT2D eigenvalue weighted by Gasteiger charge is -2.26.